The van der Waals surface area contributed by atoms with Gasteiger partial charge in [-0.05, 0) is 57.5 Å². The molecule has 3 N–H and O–H groups in total. The summed E-state index contributed by atoms with van der Waals surface area (Å²) in [6.45, 7) is 1.87. The van der Waals surface area contributed by atoms with Gasteiger partial charge < -0.3 is 15.7 Å². The van der Waals surface area contributed by atoms with E-state index in [9.17, 15) is 14.7 Å². The third kappa shape index (κ3) is 3.05. The predicted octanol–water partition coefficient (Wildman–Crippen LogP) is 1.69. The topological polar surface area (TPSA) is 78.4 Å². The molecule has 1 heterocycles. The van der Waals surface area contributed by atoms with E-state index in [0.29, 0.717) is 12.3 Å². The van der Waals surface area contributed by atoms with Crippen LogP contribution < -0.4 is 10.6 Å². The fourth-order valence-electron chi connectivity index (χ4n) is 3.96. The standard InChI is InChI=1S/C17H26N2O3/c20-15-14-8-5-6-12(14)11-18-9-4-2-1-3-7-13-10-17(13,19-15)16(21)22/h3,7,12-14,18H,1-2,4-6,8-11H2,(H,19,20)(H,21,22)/b7-3-. The van der Waals surface area contributed by atoms with Crippen molar-refractivity contribution in [1.29, 1.82) is 0 Å². The van der Waals surface area contributed by atoms with Crippen molar-refractivity contribution in [3.63, 3.8) is 0 Å². The minimum atomic E-state index is -1.04. The number of hydrogen-bond acceptors (Lipinski definition) is 3. The van der Waals surface area contributed by atoms with Gasteiger partial charge in [-0.15, -0.1) is 0 Å². The van der Waals surface area contributed by atoms with Crippen LogP contribution in [0.4, 0.5) is 0 Å². The lowest BCUT2D eigenvalue weighted by atomic mass is 9.94. The number of amides is 1. The molecule has 0 aromatic heterocycles. The van der Waals surface area contributed by atoms with Crippen LogP contribution in [0.1, 0.15) is 44.9 Å². The van der Waals surface area contributed by atoms with E-state index in [1.165, 1.54) is 0 Å². The van der Waals surface area contributed by atoms with Crippen LogP contribution in [0.3, 0.4) is 0 Å². The van der Waals surface area contributed by atoms with Gasteiger partial charge >= 0.3 is 5.97 Å². The largest absolute Gasteiger partial charge is 0.479 e. The van der Waals surface area contributed by atoms with Gasteiger partial charge in [0.1, 0.15) is 5.54 Å². The zero-order valence-corrected chi connectivity index (χ0v) is 13.0. The van der Waals surface area contributed by atoms with Crippen molar-refractivity contribution < 1.29 is 14.7 Å². The molecule has 0 aromatic rings. The Labute approximate surface area is 131 Å². The first kappa shape index (κ1) is 15.5. The highest BCUT2D eigenvalue weighted by atomic mass is 16.4. The van der Waals surface area contributed by atoms with Crippen LogP contribution in [0, 0.1) is 17.8 Å². The zero-order valence-electron chi connectivity index (χ0n) is 13.0. The van der Waals surface area contributed by atoms with Crippen molar-refractivity contribution in [2.75, 3.05) is 13.1 Å². The number of carbonyl (C=O) groups is 2. The molecule has 0 bridgehead atoms. The highest BCUT2D eigenvalue weighted by molar-refractivity contribution is 5.91. The Morgan fingerprint density at radius 3 is 2.95 bits per heavy atom. The molecular weight excluding hydrogens is 280 g/mol. The van der Waals surface area contributed by atoms with Gasteiger partial charge in [-0.25, -0.2) is 4.79 Å². The van der Waals surface area contributed by atoms with Gasteiger partial charge in [-0.1, -0.05) is 18.6 Å². The molecule has 2 aliphatic carbocycles. The molecule has 4 unspecified atom stereocenters. The van der Waals surface area contributed by atoms with Gasteiger partial charge in [0, 0.05) is 11.8 Å². The smallest absolute Gasteiger partial charge is 0.330 e. The van der Waals surface area contributed by atoms with Crippen molar-refractivity contribution >= 4 is 11.9 Å². The van der Waals surface area contributed by atoms with E-state index in [0.717, 1.165) is 51.6 Å². The number of aliphatic carboxylic acids is 1. The molecule has 3 rings (SSSR count). The number of carboxylic acid groups (broad SMARTS) is 1. The van der Waals surface area contributed by atoms with Crippen molar-refractivity contribution in [3.05, 3.63) is 12.2 Å². The van der Waals surface area contributed by atoms with Gasteiger partial charge in [0.15, 0.2) is 0 Å². The molecule has 22 heavy (non-hydrogen) atoms. The number of rotatable bonds is 1. The molecule has 0 aromatic carbocycles. The quantitative estimate of drug-likeness (QED) is 0.644. The van der Waals surface area contributed by atoms with Gasteiger partial charge in [-0.3, -0.25) is 4.79 Å². The second-order valence-electron chi connectivity index (χ2n) is 7.00. The van der Waals surface area contributed by atoms with Gasteiger partial charge in [-0.2, -0.15) is 0 Å². The van der Waals surface area contributed by atoms with E-state index in [2.05, 4.69) is 16.7 Å². The van der Waals surface area contributed by atoms with E-state index in [4.69, 9.17) is 0 Å². The van der Waals surface area contributed by atoms with Crippen molar-refractivity contribution in [1.82, 2.24) is 10.6 Å². The number of allylic oxidation sites excluding steroid dienone is 1. The summed E-state index contributed by atoms with van der Waals surface area (Å²) in [5.74, 6) is -0.678. The monoisotopic (exact) mass is 306 g/mol. The summed E-state index contributed by atoms with van der Waals surface area (Å²) in [7, 11) is 0. The van der Waals surface area contributed by atoms with Crippen LogP contribution in [0.2, 0.25) is 0 Å². The van der Waals surface area contributed by atoms with E-state index in [1.54, 1.807) is 0 Å². The van der Waals surface area contributed by atoms with Crippen LogP contribution in [-0.2, 0) is 9.59 Å². The number of nitrogens with one attached hydrogen (secondary N) is 2. The summed E-state index contributed by atoms with van der Waals surface area (Å²) < 4.78 is 0. The molecule has 5 heteroatoms. The summed E-state index contributed by atoms with van der Waals surface area (Å²) in [6.07, 6.45) is 10.8. The van der Waals surface area contributed by atoms with Gasteiger partial charge in [0.25, 0.3) is 0 Å². The fourth-order valence-corrected chi connectivity index (χ4v) is 3.96. The molecule has 0 radical (unpaired) electrons. The van der Waals surface area contributed by atoms with Gasteiger partial charge in [0.05, 0.1) is 0 Å². The third-order valence-corrected chi connectivity index (χ3v) is 5.49. The summed E-state index contributed by atoms with van der Waals surface area (Å²) in [4.78, 5) is 24.2. The molecule has 2 fully saturated rings. The zero-order chi connectivity index (χ0) is 15.6. The maximum atomic E-state index is 12.6. The molecule has 5 nitrogen and oxygen atoms in total. The van der Waals surface area contributed by atoms with E-state index < -0.39 is 11.5 Å². The minimum Gasteiger partial charge on any atom is -0.479 e. The Hall–Kier alpha value is -1.36. The third-order valence-electron chi connectivity index (χ3n) is 5.49. The number of hydrogen-bond donors (Lipinski definition) is 3. The molecule has 4 atom stereocenters. The molecule has 3 aliphatic rings. The maximum Gasteiger partial charge on any atom is 0.330 e. The molecule has 1 aliphatic heterocycles. The summed E-state index contributed by atoms with van der Waals surface area (Å²) in [5, 5.41) is 15.9. The van der Waals surface area contributed by atoms with E-state index >= 15 is 0 Å². The molecule has 1 amide bonds. The first-order valence-corrected chi connectivity index (χ1v) is 8.56. The average molecular weight is 306 g/mol. The van der Waals surface area contributed by atoms with Crippen LogP contribution in [0.15, 0.2) is 12.2 Å². The Morgan fingerprint density at radius 2 is 2.14 bits per heavy atom. The van der Waals surface area contributed by atoms with E-state index in [1.807, 2.05) is 6.08 Å². The van der Waals surface area contributed by atoms with Crippen LogP contribution >= 0.6 is 0 Å². The highest BCUT2D eigenvalue weighted by Crippen LogP contribution is 2.46. The first-order chi connectivity index (χ1) is 10.6. The Kier molecular flexibility index (Phi) is 4.52. The number of fused-ring (bicyclic) bond motifs is 2. The first-order valence-electron chi connectivity index (χ1n) is 8.56. The fraction of sp³-hybridized carbons (Fsp3) is 0.765. The number of carboxylic acids is 1. The minimum absolute atomic E-state index is 0.0307. The van der Waals surface area contributed by atoms with Crippen LogP contribution in [0.5, 0.6) is 0 Å². The summed E-state index contributed by atoms with van der Waals surface area (Å²) in [5.41, 5.74) is -1.04. The van der Waals surface area contributed by atoms with Crippen molar-refractivity contribution in [3.8, 4) is 0 Å². The SMILES string of the molecule is O=C1NC2(C(=O)O)CC2/C=C\CCCCNCC2CCCC12. The Balaban J connectivity index is 1.75. The summed E-state index contributed by atoms with van der Waals surface area (Å²) >= 11 is 0. The molecular formula is C17H26N2O3. The molecule has 122 valence electrons. The normalized spacial score (nSPS) is 40.7. The Bertz CT molecular complexity index is 477. The predicted molar refractivity (Wildman–Crippen MR) is 83.3 cm³/mol. The van der Waals surface area contributed by atoms with Gasteiger partial charge in [0.2, 0.25) is 5.91 Å². The van der Waals surface area contributed by atoms with Crippen molar-refractivity contribution in [2.45, 2.75) is 50.5 Å². The second-order valence-corrected chi connectivity index (χ2v) is 7.00. The second kappa shape index (κ2) is 6.41. The average Bonchev–Trinajstić information content (AvgIpc) is 2.97. The highest BCUT2D eigenvalue weighted by Gasteiger charge is 2.61. The lowest BCUT2D eigenvalue weighted by molar-refractivity contribution is -0.144. The lowest BCUT2D eigenvalue weighted by Crippen LogP contribution is -2.48. The summed E-state index contributed by atoms with van der Waals surface area (Å²) in [6, 6.07) is 0. The van der Waals surface area contributed by atoms with Crippen molar-refractivity contribution in [2.24, 2.45) is 17.8 Å². The van der Waals surface area contributed by atoms with Crippen LogP contribution in [-0.4, -0.2) is 35.6 Å². The van der Waals surface area contributed by atoms with E-state index in [-0.39, 0.29) is 17.7 Å². The number of carbonyl (C=O) groups excluding carboxylic acids is 1. The van der Waals surface area contributed by atoms with Crippen LogP contribution in [0.25, 0.3) is 0 Å². The lowest BCUT2D eigenvalue weighted by Gasteiger charge is -2.23. The Morgan fingerprint density at radius 1 is 1.27 bits per heavy atom. The maximum absolute atomic E-state index is 12.6. The molecule has 0 saturated heterocycles. The molecule has 2 saturated carbocycles. The molecule has 0 spiro atoms.